The van der Waals surface area contributed by atoms with Crippen LogP contribution >= 0.6 is 0 Å². The average molecular weight is 283 g/mol. The van der Waals surface area contributed by atoms with Gasteiger partial charge in [-0.05, 0) is 37.5 Å². The molecule has 1 fully saturated rings. The highest BCUT2D eigenvalue weighted by molar-refractivity contribution is 5.54. The third kappa shape index (κ3) is 3.06. The van der Waals surface area contributed by atoms with Crippen LogP contribution in [-0.4, -0.2) is 28.0 Å². The lowest BCUT2D eigenvalue weighted by Gasteiger charge is -2.24. The standard InChI is InChI=1S/C16H17N3O2/c1-2-10-20-13-6-7-14(17-12-13)15-8-9-18-19(15)16-5-3-4-11-21-16/h1,6-9,12,16H,3-5,10-11H2. The first-order valence-corrected chi connectivity index (χ1v) is 7.06. The van der Waals surface area contributed by atoms with Crippen LogP contribution in [0, 0.1) is 12.3 Å². The first-order chi connectivity index (χ1) is 10.4. The predicted octanol–water partition coefficient (Wildman–Crippen LogP) is 2.66. The molecule has 0 spiro atoms. The van der Waals surface area contributed by atoms with Gasteiger partial charge >= 0.3 is 0 Å². The third-order valence-corrected chi connectivity index (χ3v) is 3.42. The lowest BCUT2D eigenvalue weighted by atomic mass is 10.2. The minimum atomic E-state index is 0.00270. The number of aromatic nitrogens is 3. The molecule has 3 heterocycles. The van der Waals surface area contributed by atoms with E-state index in [9.17, 15) is 0 Å². The fourth-order valence-corrected chi connectivity index (χ4v) is 2.41. The van der Waals surface area contributed by atoms with Crippen LogP contribution in [-0.2, 0) is 4.74 Å². The molecule has 1 saturated heterocycles. The van der Waals surface area contributed by atoms with Crippen LogP contribution in [0.25, 0.3) is 11.4 Å². The van der Waals surface area contributed by atoms with Crippen molar-refractivity contribution in [3.8, 4) is 29.5 Å². The van der Waals surface area contributed by atoms with Crippen LogP contribution in [0.4, 0.5) is 0 Å². The molecule has 108 valence electrons. The highest BCUT2D eigenvalue weighted by Gasteiger charge is 2.19. The molecule has 1 aliphatic rings. The highest BCUT2D eigenvalue weighted by Crippen LogP contribution is 2.27. The van der Waals surface area contributed by atoms with Crippen LogP contribution in [0.3, 0.4) is 0 Å². The predicted molar refractivity (Wildman–Crippen MR) is 78.6 cm³/mol. The van der Waals surface area contributed by atoms with E-state index in [1.54, 1.807) is 12.4 Å². The molecular formula is C16H17N3O2. The van der Waals surface area contributed by atoms with Crippen molar-refractivity contribution in [1.82, 2.24) is 14.8 Å². The largest absolute Gasteiger partial charge is 0.479 e. The normalized spacial score (nSPS) is 18.1. The van der Waals surface area contributed by atoms with E-state index in [-0.39, 0.29) is 12.8 Å². The van der Waals surface area contributed by atoms with Gasteiger partial charge in [-0.1, -0.05) is 5.92 Å². The Morgan fingerprint density at radius 1 is 1.38 bits per heavy atom. The van der Waals surface area contributed by atoms with Gasteiger partial charge in [0.15, 0.2) is 6.23 Å². The van der Waals surface area contributed by atoms with E-state index in [1.165, 1.54) is 0 Å². The Morgan fingerprint density at radius 3 is 3.05 bits per heavy atom. The Balaban J connectivity index is 1.80. The molecule has 0 saturated carbocycles. The second kappa shape index (κ2) is 6.42. The van der Waals surface area contributed by atoms with Crippen molar-refractivity contribution in [3.05, 3.63) is 30.6 Å². The summed E-state index contributed by atoms with van der Waals surface area (Å²) in [5.41, 5.74) is 1.79. The number of nitrogens with zero attached hydrogens (tertiary/aromatic N) is 3. The Morgan fingerprint density at radius 2 is 2.33 bits per heavy atom. The minimum Gasteiger partial charge on any atom is -0.479 e. The summed E-state index contributed by atoms with van der Waals surface area (Å²) in [7, 11) is 0. The smallest absolute Gasteiger partial charge is 0.150 e. The Kier molecular flexibility index (Phi) is 4.17. The topological polar surface area (TPSA) is 49.2 Å². The van der Waals surface area contributed by atoms with Crippen LogP contribution in [0.15, 0.2) is 30.6 Å². The molecule has 0 radical (unpaired) electrons. The molecule has 1 unspecified atom stereocenters. The van der Waals surface area contributed by atoms with Gasteiger partial charge in [-0.2, -0.15) is 5.10 Å². The maximum absolute atomic E-state index is 5.79. The molecule has 0 N–H and O–H groups in total. The van der Waals surface area contributed by atoms with Crippen LogP contribution < -0.4 is 4.74 Å². The van der Waals surface area contributed by atoms with E-state index < -0.39 is 0 Å². The summed E-state index contributed by atoms with van der Waals surface area (Å²) in [6.07, 6.45) is 11.9. The van der Waals surface area contributed by atoms with Gasteiger partial charge in [0.25, 0.3) is 0 Å². The van der Waals surface area contributed by atoms with Gasteiger partial charge in [0.2, 0.25) is 0 Å². The van der Waals surface area contributed by atoms with Gasteiger partial charge in [-0.15, -0.1) is 6.42 Å². The van der Waals surface area contributed by atoms with E-state index >= 15 is 0 Å². The van der Waals surface area contributed by atoms with E-state index in [4.69, 9.17) is 15.9 Å². The van der Waals surface area contributed by atoms with Gasteiger partial charge in [0, 0.05) is 12.8 Å². The Hall–Kier alpha value is -2.32. The van der Waals surface area contributed by atoms with E-state index in [0.29, 0.717) is 5.75 Å². The zero-order valence-electron chi connectivity index (χ0n) is 11.7. The summed E-state index contributed by atoms with van der Waals surface area (Å²) in [6, 6.07) is 5.71. The first kappa shape index (κ1) is 13.7. The van der Waals surface area contributed by atoms with Crippen molar-refractivity contribution < 1.29 is 9.47 Å². The average Bonchev–Trinajstić information content (AvgIpc) is 3.04. The number of pyridine rings is 1. The minimum absolute atomic E-state index is 0.00270. The van der Waals surface area contributed by atoms with Gasteiger partial charge in [0.05, 0.1) is 17.6 Å². The number of hydrogen-bond acceptors (Lipinski definition) is 4. The van der Waals surface area contributed by atoms with Crippen molar-refractivity contribution in [2.45, 2.75) is 25.5 Å². The lowest BCUT2D eigenvalue weighted by molar-refractivity contribution is -0.0384. The molecular weight excluding hydrogens is 266 g/mol. The van der Waals surface area contributed by atoms with Crippen molar-refractivity contribution in [1.29, 1.82) is 0 Å². The second-order valence-electron chi connectivity index (χ2n) is 4.85. The maximum atomic E-state index is 5.79. The summed E-state index contributed by atoms with van der Waals surface area (Å²) < 4.78 is 13.0. The first-order valence-electron chi connectivity index (χ1n) is 7.06. The van der Waals surface area contributed by atoms with Gasteiger partial charge in [-0.25, -0.2) is 4.68 Å². The van der Waals surface area contributed by atoms with Crippen LogP contribution in [0.1, 0.15) is 25.5 Å². The van der Waals surface area contributed by atoms with Crippen molar-refractivity contribution in [3.63, 3.8) is 0 Å². The molecule has 5 nitrogen and oxygen atoms in total. The molecule has 3 rings (SSSR count). The summed E-state index contributed by atoms with van der Waals surface area (Å²) in [5, 5.41) is 4.38. The van der Waals surface area contributed by atoms with Gasteiger partial charge < -0.3 is 9.47 Å². The second-order valence-corrected chi connectivity index (χ2v) is 4.85. The fraction of sp³-hybridized carbons (Fsp3) is 0.375. The van der Waals surface area contributed by atoms with Crippen LogP contribution in [0.2, 0.25) is 0 Å². The summed E-state index contributed by atoms with van der Waals surface area (Å²) >= 11 is 0. The Labute approximate surface area is 123 Å². The molecule has 1 aliphatic heterocycles. The molecule has 0 aliphatic carbocycles. The molecule has 0 amide bonds. The summed E-state index contributed by atoms with van der Waals surface area (Å²) in [5.74, 6) is 3.09. The molecule has 21 heavy (non-hydrogen) atoms. The molecule has 0 aromatic carbocycles. The zero-order chi connectivity index (χ0) is 14.5. The van der Waals surface area contributed by atoms with Crippen molar-refractivity contribution in [2.75, 3.05) is 13.2 Å². The van der Waals surface area contributed by atoms with Crippen molar-refractivity contribution in [2.24, 2.45) is 0 Å². The number of rotatable bonds is 4. The van der Waals surface area contributed by atoms with E-state index in [1.807, 2.05) is 22.9 Å². The van der Waals surface area contributed by atoms with Crippen LogP contribution in [0.5, 0.6) is 5.75 Å². The zero-order valence-corrected chi connectivity index (χ0v) is 11.7. The SMILES string of the molecule is C#CCOc1ccc(-c2ccnn2C2CCCCO2)nc1. The van der Waals surface area contributed by atoms with Gasteiger partial charge in [0.1, 0.15) is 12.4 Å². The Bertz CT molecular complexity index is 622. The summed E-state index contributed by atoms with van der Waals surface area (Å²) in [4.78, 5) is 4.42. The fourth-order valence-electron chi connectivity index (χ4n) is 2.41. The number of terminal acetylenes is 1. The summed E-state index contributed by atoms with van der Waals surface area (Å²) in [6.45, 7) is 1.03. The highest BCUT2D eigenvalue weighted by atomic mass is 16.5. The molecule has 1 atom stereocenters. The monoisotopic (exact) mass is 283 g/mol. The van der Waals surface area contributed by atoms with Gasteiger partial charge in [-0.3, -0.25) is 4.98 Å². The quantitative estimate of drug-likeness (QED) is 0.809. The van der Waals surface area contributed by atoms with E-state index in [0.717, 1.165) is 37.3 Å². The molecule has 5 heteroatoms. The molecule has 2 aromatic rings. The molecule has 0 bridgehead atoms. The van der Waals surface area contributed by atoms with E-state index in [2.05, 4.69) is 16.0 Å². The third-order valence-electron chi connectivity index (χ3n) is 3.42. The lowest BCUT2D eigenvalue weighted by Crippen LogP contribution is -2.20. The number of ether oxygens (including phenoxy) is 2. The molecule has 2 aromatic heterocycles. The van der Waals surface area contributed by atoms with Crippen molar-refractivity contribution >= 4 is 0 Å². The number of hydrogen-bond donors (Lipinski definition) is 0. The maximum Gasteiger partial charge on any atom is 0.150 e.